The van der Waals surface area contributed by atoms with Crippen molar-refractivity contribution in [3.8, 4) is 22.4 Å². The normalized spacial score (nSPS) is 14.3. The minimum absolute atomic E-state index is 0.189. The highest BCUT2D eigenvalue weighted by Gasteiger charge is 2.33. The second-order valence-electron chi connectivity index (χ2n) is 8.71. The number of fused-ring (bicyclic) bond motifs is 1. The van der Waals surface area contributed by atoms with Gasteiger partial charge in [-0.05, 0) is 54.4 Å². The van der Waals surface area contributed by atoms with E-state index in [1.165, 1.54) is 23.1 Å². The molecule has 1 amide bonds. The molecule has 0 atom stereocenters. The molecule has 9 heteroatoms. The molecule has 0 unspecified atom stereocenters. The van der Waals surface area contributed by atoms with Gasteiger partial charge in [0.1, 0.15) is 28.7 Å². The molecule has 38 heavy (non-hydrogen) atoms. The van der Waals surface area contributed by atoms with Crippen molar-refractivity contribution in [2.24, 2.45) is 5.73 Å². The highest BCUT2D eigenvalue weighted by Crippen LogP contribution is 2.36. The Kier molecular flexibility index (Phi) is 9.63. The topological polar surface area (TPSA) is 72.4 Å². The van der Waals surface area contributed by atoms with Crippen molar-refractivity contribution in [2.45, 2.75) is 46.1 Å². The number of hydrogen-bond donors (Lipinski definition) is 1. The number of furan rings is 1. The fourth-order valence-electron chi connectivity index (χ4n) is 3.99. The molecule has 1 fully saturated rings. The predicted molar refractivity (Wildman–Crippen MR) is 141 cm³/mol. The maximum atomic E-state index is 14.4. The van der Waals surface area contributed by atoms with Crippen LogP contribution in [0.25, 0.3) is 33.4 Å². The van der Waals surface area contributed by atoms with E-state index in [0.717, 1.165) is 22.1 Å². The Morgan fingerprint density at radius 1 is 1.03 bits per heavy atom. The molecular formula is C29H31F4N3O2. The minimum Gasteiger partial charge on any atom is -0.459 e. The molecule has 0 spiro atoms. The summed E-state index contributed by atoms with van der Waals surface area (Å²) < 4.78 is 58.3. The number of nitrogens with two attached hydrogens (primary N) is 1. The Hall–Kier alpha value is -3.72. The monoisotopic (exact) mass is 529 g/mol. The number of halogens is 4. The first kappa shape index (κ1) is 28.8. The molecule has 5 rings (SSSR count). The first-order valence-corrected chi connectivity index (χ1v) is 12.4. The van der Waals surface area contributed by atoms with Crippen LogP contribution in [0.3, 0.4) is 0 Å². The number of amides is 1. The Morgan fingerprint density at radius 3 is 2.26 bits per heavy atom. The fourth-order valence-corrected chi connectivity index (χ4v) is 3.99. The lowest BCUT2D eigenvalue weighted by Gasteiger charge is -2.28. The summed E-state index contributed by atoms with van der Waals surface area (Å²) >= 11 is 0. The number of pyridine rings is 1. The van der Waals surface area contributed by atoms with Crippen LogP contribution >= 0.6 is 0 Å². The molecule has 1 aliphatic heterocycles. The zero-order valence-corrected chi connectivity index (χ0v) is 21.6. The van der Waals surface area contributed by atoms with Crippen molar-refractivity contribution >= 4 is 17.4 Å². The number of rotatable bonds is 4. The van der Waals surface area contributed by atoms with Crippen molar-refractivity contribution in [3.63, 3.8) is 0 Å². The number of likely N-dealkylation sites (tertiary alicyclic amines) is 1. The van der Waals surface area contributed by atoms with Crippen molar-refractivity contribution in [1.82, 2.24) is 9.88 Å². The van der Waals surface area contributed by atoms with Gasteiger partial charge in [0.2, 0.25) is 6.41 Å². The first-order chi connectivity index (χ1) is 18.2. The molecule has 0 radical (unpaired) electrons. The second kappa shape index (κ2) is 12.7. The third-order valence-electron chi connectivity index (χ3n) is 5.95. The van der Waals surface area contributed by atoms with E-state index in [2.05, 4.69) is 4.98 Å². The SMILES string of the molecule is CC.Cc1cnc(-c2cc(-c3ccc(F)cc3)c3oc(CN)cc3c2)c(F)c1.O=CN1CCC(F)(F)CC1. The van der Waals surface area contributed by atoms with Gasteiger partial charge in [0.25, 0.3) is 5.92 Å². The van der Waals surface area contributed by atoms with Crippen LogP contribution in [-0.2, 0) is 11.3 Å². The Balaban J connectivity index is 0.000000280. The number of benzene rings is 2. The van der Waals surface area contributed by atoms with Crippen LogP contribution in [0.15, 0.2) is 59.1 Å². The lowest BCUT2D eigenvalue weighted by Crippen LogP contribution is -2.38. The summed E-state index contributed by atoms with van der Waals surface area (Å²) in [6.07, 6.45) is 1.87. The number of aromatic nitrogens is 1. The number of hydrogen-bond acceptors (Lipinski definition) is 4. The lowest BCUT2D eigenvalue weighted by atomic mass is 9.98. The number of aryl methyl sites for hydroxylation is 1. The van der Waals surface area contributed by atoms with Gasteiger partial charge < -0.3 is 15.1 Å². The first-order valence-electron chi connectivity index (χ1n) is 12.4. The van der Waals surface area contributed by atoms with E-state index in [1.807, 2.05) is 26.0 Å². The van der Waals surface area contributed by atoms with Gasteiger partial charge in [0, 0.05) is 48.6 Å². The number of nitrogens with zero attached hydrogens (tertiary/aromatic N) is 2. The summed E-state index contributed by atoms with van der Waals surface area (Å²) in [6, 6.07) is 13.0. The molecule has 1 aliphatic rings. The average Bonchev–Trinajstić information content (AvgIpc) is 3.34. The maximum Gasteiger partial charge on any atom is 0.251 e. The summed E-state index contributed by atoms with van der Waals surface area (Å²) in [7, 11) is 0. The molecule has 2 N–H and O–H groups in total. The van der Waals surface area contributed by atoms with Gasteiger partial charge in [-0.25, -0.2) is 17.6 Å². The molecule has 4 aromatic rings. The third kappa shape index (κ3) is 6.98. The molecule has 0 bridgehead atoms. The molecule has 1 saturated heterocycles. The summed E-state index contributed by atoms with van der Waals surface area (Å²) in [5.41, 5.74) is 9.47. The van der Waals surface area contributed by atoms with E-state index >= 15 is 0 Å². The van der Waals surface area contributed by atoms with Crippen LogP contribution in [0.2, 0.25) is 0 Å². The van der Waals surface area contributed by atoms with Gasteiger partial charge in [0.05, 0.1) is 6.54 Å². The fraction of sp³-hybridized carbons (Fsp3) is 0.310. The van der Waals surface area contributed by atoms with Crippen LogP contribution in [0.1, 0.15) is 38.0 Å². The smallest absolute Gasteiger partial charge is 0.251 e. The number of carbonyl (C=O) groups is 1. The molecule has 2 aromatic heterocycles. The third-order valence-corrected chi connectivity index (χ3v) is 5.95. The molecule has 3 heterocycles. The Bertz CT molecular complexity index is 1360. The van der Waals surface area contributed by atoms with Gasteiger partial charge in [-0.1, -0.05) is 26.0 Å². The van der Waals surface area contributed by atoms with Crippen LogP contribution in [-0.4, -0.2) is 35.3 Å². The van der Waals surface area contributed by atoms with E-state index in [9.17, 15) is 22.4 Å². The highest BCUT2D eigenvalue weighted by atomic mass is 19.3. The zero-order valence-electron chi connectivity index (χ0n) is 21.6. The van der Waals surface area contributed by atoms with Crippen LogP contribution in [0, 0.1) is 18.6 Å². The largest absolute Gasteiger partial charge is 0.459 e. The molecular weight excluding hydrogens is 498 g/mol. The van der Waals surface area contributed by atoms with E-state index in [-0.39, 0.29) is 44.0 Å². The quantitative estimate of drug-likeness (QED) is 0.226. The van der Waals surface area contributed by atoms with Gasteiger partial charge in [0.15, 0.2) is 0 Å². The molecule has 0 saturated carbocycles. The van der Waals surface area contributed by atoms with Gasteiger partial charge in [-0.15, -0.1) is 0 Å². The van der Waals surface area contributed by atoms with Crippen LogP contribution in [0.5, 0.6) is 0 Å². The second-order valence-corrected chi connectivity index (χ2v) is 8.71. The van der Waals surface area contributed by atoms with Gasteiger partial charge >= 0.3 is 0 Å². The number of carbonyl (C=O) groups excluding carboxylic acids is 1. The molecule has 5 nitrogen and oxygen atoms in total. The summed E-state index contributed by atoms with van der Waals surface area (Å²) in [4.78, 5) is 15.7. The van der Waals surface area contributed by atoms with Crippen molar-refractivity contribution in [2.75, 3.05) is 13.1 Å². The summed E-state index contributed by atoms with van der Waals surface area (Å²) in [5.74, 6) is -2.64. The standard InChI is InChI=1S/C21H16F2N2O.C6H9F2NO.C2H6/c1-12-6-19(23)20(25-11-12)14-7-15-8-17(10-24)26-21(15)18(9-14)13-2-4-16(22)5-3-13;7-6(8)1-3-9(5-10)4-2-6;1-2/h2-9,11H,10,24H2,1H3;5H,1-4H2;1-2H3. The van der Waals surface area contributed by atoms with E-state index in [1.54, 1.807) is 31.3 Å². The van der Waals surface area contributed by atoms with E-state index < -0.39 is 11.7 Å². The zero-order chi connectivity index (χ0) is 27.9. The predicted octanol–water partition coefficient (Wildman–Crippen LogP) is 7.11. The van der Waals surface area contributed by atoms with Gasteiger partial charge in [-0.3, -0.25) is 9.78 Å². The minimum atomic E-state index is -2.54. The van der Waals surface area contributed by atoms with Crippen molar-refractivity contribution in [3.05, 3.63) is 77.7 Å². The Labute approximate surface area is 219 Å². The van der Waals surface area contributed by atoms with E-state index in [4.69, 9.17) is 10.2 Å². The Morgan fingerprint density at radius 2 is 1.68 bits per heavy atom. The number of piperidine rings is 1. The van der Waals surface area contributed by atoms with Crippen LogP contribution < -0.4 is 5.73 Å². The van der Waals surface area contributed by atoms with Crippen LogP contribution in [0.4, 0.5) is 17.6 Å². The molecule has 2 aromatic carbocycles. The van der Waals surface area contributed by atoms with Crippen molar-refractivity contribution < 1.29 is 26.8 Å². The summed E-state index contributed by atoms with van der Waals surface area (Å²) in [6.45, 7) is 6.42. The lowest BCUT2D eigenvalue weighted by molar-refractivity contribution is -0.124. The van der Waals surface area contributed by atoms with E-state index in [0.29, 0.717) is 23.3 Å². The highest BCUT2D eigenvalue weighted by molar-refractivity contribution is 5.96. The molecule has 202 valence electrons. The van der Waals surface area contributed by atoms with Gasteiger partial charge in [-0.2, -0.15) is 0 Å². The average molecular weight is 530 g/mol. The summed E-state index contributed by atoms with van der Waals surface area (Å²) in [5, 5.41) is 0.795. The van der Waals surface area contributed by atoms with Crippen molar-refractivity contribution in [1.29, 1.82) is 0 Å². The maximum absolute atomic E-state index is 14.4. The molecule has 0 aliphatic carbocycles. The number of alkyl halides is 2.